The molecule has 31 heavy (non-hydrogen) atoms. The van der Waals surface area contributed by atoms with E-state index in [-0.39, 0.29) is 28.8 Å². The quantitative estimate of drug-likeness (QED) is 0.611. The summed E-state index contributed by atoms with van der Waals surface area (Å²) in [5.41, 5.74) is 1.44. The summed E-state index contributed by atoms with van der Waals surface area (Å²) in [6.07, 6.45) is 1.47. The first-order valence-electron chi connectivity index (χ1n) is 10.4. The van der Waals surface area contributed by atoms with Gasteiger partial charge < -0.3 is 10.6 Å². The van der Waals surface area contributed by atoms with Crippen molar-refractivity contribution in [2.45, 2.75) is 44.6 Å². The molecule has 166 valence electrons. The van der Waals surface area contributed by atoms with Crippen LogP contribution in [0.15, 0.2) is 64.5 Å². The SMILES string of the molecule is CC(C)(C)C(NCC(=O)Nc1cccc(S(=O)(=O)NC2=NCCC2)c1)c1ccccc1. The van der Waals surface area contributed by atoms with Crippen LogP contribution in [0.4, 0.5) is 5.69 Å². The van der Waals surface area contributed by atoms with Crippen molar-refractivity contribution in [3.63, 3.8) is 0 Å². The third-order valence-electron chi connectivity index (χ3n) is 5.02. The molecular formula is C23H30N4O3S. The van der Waals surface area contributed by atoms with Gasteiger partial charge in [0.1, 0.15) is 5.84 Å². The summed E-state index contributed by atoms with van der Waals surface area (Å²) in [4.78, 5) is 16.8. The van der Waals surface area contributed by atoms with Crippen LogP contribution in [0.1, 0.15) is 45.2 Å². The highest BCUT2D eigenvalue weighted by Gasteiger charge is 2.26. The third kappa shape index (κ3) is 6.38. The normalized spacial score (nSPS) is 15.3. The van der Waals surface area contributed by atoms with Crippen molar-refractivity contribution in [1.29, 1.82) is 0 Å². The Kier molecular flexibility index (Phi) is 7.12. The summed E-state index contributed by atoms with van der Waals surface area (Å²) in [7, 11) is -3.73. The van der Waals surface area contributed by atoms with Crippen molar-refractivity contribution >= 4 is 27.5 Å². The summed E-state index contributed by atoms with van der Waals surface area (Å²) >= 11 is 0. The smallest absolute Gasteiger partial charge is 0.262 e. The third-order valence-corrected chi connectivity index (χ3v) is 6.40. The summed E-state index contributed by atoms with van der Waals surface area (Å²) in [6, 6.07) is 16.2. The minimum atomic E-state index is -3.73. The Morgan fingerprint density at radius 1 is 1.10 bits per heavy atom. The molecule has 1 unspecified atom stereocenters. The maximum atomic E-state index is 12.6. The Labute approximate surface area is 184 Å². The number of amides is 1. The van der Waals surface area contributed by atoms with Gasteiger partial charge in [0.15, 0.2) is 0 Å². The van der Waals surface area contributed by atoms with Gasteiger partial charge in [0.05, 0.1) is 11.4 Å². The van der Waals surface area contributed by atoms with E-state index in [0.29, 0.717) is 24.5 Å². The predicted octanol–water partition coefficient (Wildman–Crippen LogP) is 3.47. The summed E-state index contributed by atoms with van der Waals surface area (Å²) < 4.78 is 27.7. The first kappa shape index (κ1) is 23.0. The van der Waals surface area contributed by atoms with Crippen molar-refractivity contribution in [2.75, 3.05) is 18.4 Å². The molecule has 0 bridgehead atoms. The molecule has 0 aliphatic carbocycles. The second kappa shape index (κ2) is 9.62. The second-order valence-electron chi connectivity index (χ2n) is 8.70. The standard InChI is InChI=1S/C23H30N4O3S/c1-23(2,3)22(17-9-5-4-6-10-17)25-16-21(28)26-18-11-7-12-19(15-18)31(29,30)27-20-13-8-14-24-20/h4-7,9-12,15,22,25H,8,13-14,16H2,1-3H3,(H,24,27)(H,26,28). The van der Waals surface area contributed by atoms with Gasteiger partial charge >= 0.3 is 0 Å². The van der Waals surface area contributed by atoms with E-state index in [2.05, 4.69) is 41.1 Å². The van der Waals surface area contributed by atoms with Crippen LogP contribution in [-0.4, -0.2) is 33.3 Å². The number of aliphatic imine (C=N–C) groups is 1. The lowest BCUT2D eigenvalue weighted by Gasteiger charge is -2.32. The van der Waals surface area contributed by atoms with Crippen LogP contribution >= 0.6 is 0 Å². The van der Waals surface area contributed by atoms with Crippen LogP contribution in [0, 0.1) is 5.41 Å². The number of rotatable bonds is 7. The molecule has 2 aromatic carbocycles. The minimum absolute atomic E-state index is 0.0115. The molecule has 0 saturated carbocycles. The van der Waals surface area contributed by atoms with Crippen LogP contribution < -0.4 is 15.4 Å². The number of nitrogens with zero attached hydrogens (tertiary/aromatic N) is 1. The van der Waals surface area contributed by atoms with E-state index in [1.165, 1.54) is 12.1 Å². The average molecular weight is 443 g/mol. The van der Waals surface area contributed by atoms with Crippen LogP contribution in [0.5, 0.6) is 0 Å². The van der Waals surface area contributed by atoms with Gasteiger partial charge in [0.25, 0.3) is 10.0 Å². The monoisotopic (exact) mass is 442 g/mol. The van der Waals surface area contributed by atoms with E-state index in [4.69, 9.17) is 0 Å². The molecule has 2 aromatic rings. The molecule has 0 radical (unpaired) electrons. The molecule has 1 aliphatic heterocycles. The molecule has 1 aliphatic rings. The van der Waals surface area contributed by atoms with Crippen molar-refractivity contribution < 1.29 is 13.2 Å². The molecule has 1 heterocycles. The molecule has 1 amide bonds. The first-order chi connectivity index (χ1) is 14.6. The van der Waals surface area contributed by atoms with Gasteiger partial charge in [-0.25, -0.2) is 8.42 Å². The summed E-state index contributed by atoms with van der Waals surface area (Å²) in [5.74, 6) is 0.237. The lowest BCUT2D eigenvalue weighted by Crippen LogP contribution is -2.37. The number of carbonyl (C=O) groups excluding carboxylic acids is 1. The van der Waals surface area contributed by atoms with Gasteiger partial charge in [-0.3, -0.25) is 14.5 Å². The fraction of sp³-hybridized carbons (Fsp3) is 0.391. The number of benzene rings is 2. The highest BCUT2D eigenvalue weighted by molar-refractivity contribution is 7.90. The zero-order valence-corrected chi connectivity index (χ0v) is 19.0. The van der Waals surface area contributed by atoms with Gasteiger partial charge in [0, 0.05) is 24.7 Å². The Morgan fingerprint density at radius 3 is 2.48 bits per heavy atom. The zero-order chi connectivity index (χ0) is 22.5. The van der Waals surface area contributed by atoms with Crippen molar-refractivity contribution in [3.8, 4) is 0 Å². The summed E-state index contributed by atoms with van der Waals surface area (Å²) in [6.45, 7) is 7.09. The molecule has 8 heteroatoms. The molecule has 7 nitrogen and oxygen atoms in total. The lowest BCUT2D eigenvalue weighted by molar-refractivity contribution is -0.115. The van der Waals surface area contributed by atoms with E-state index in [0.717, 1.165) is 12.0 Å². The summed E-state index contributed by atoms with van der Waals surface area (Å²) in [5, 5.41) is 6.11. The van der Waals surface area contributed by atoms with Crippen LogP contribution in [-0.2, 0) is 14.8 Å². The molecule has 3 rings (SSSR count). The topological polar surface area (TPSA) is 99.7 Å². The van der Waals surface area contributed by atoms with Gasteiger partial charge in [0.2, 0.25) is 5.91 Å². The van der Waals surface area contributed by atoms with E-state index in [1.54, 1.807) is 12.1 Å². The molecular weight excluding hydrogens is 412 g/mol. The number of amidine groups is 1. The fourth-order valence-electron chi connectivity index (χ4n) is 3.55. The minimum Gasteiger partial charge on any atom is -0.325 e. The number of nitrogens with one attached hydrogen (secondary N) is 3. The first-order valence-corrected chi connectivity index (χ1v) is 11.9. The number of carbonyl (C=O) groups is 1. The maximum absolute atomic E-state index is 12.6. The predicted molar refractivity (Wildman–Crippen MR) is 124 cm³/mol. The van der Waals surface area contributed by atoms with E-state index in [9.17, 15) is 13.2 Å². The van der Waals surface area contributed by atoms with Crippen molar-refractivity contribution in [1.82, 2.24) is 10.0 Å². The highest BCUT2D eigenvalue weighted by Crippen LogP contribution is 2.32. The van der Waals surface area contributed by atoms with Gasteiger partial charge in [-0.2, -0.15) is 0 Å². The Morgan fingerprint density at radius 2 is 1.84 bits per heavy atom. The average Bonchev–Trinajstić information content (AvgIpc) is 3.20. The van der Waals surface area contributed by atoms with E-state index >= 15 is 0 Å². The van der Waals surface area contributed by atoms with E-state index < -0.39 is 10.0 Å². The zero-order valence-electron chi connectivity index (χ0n) is 18.2. The molecule has 3 N–H and O–H groups in total. The molecule has 0 saturated heterocycles. The van der Waals surface area contributed by atoms with Crippen molar-refractivity contribution in [2.24, 2.45) is 10.4 Å². The number of hydrogen-bond donors (Lipinski definition) is 3. The van der Waals surface area contributed by atoms with Gasteiger partial charge in [-0.05, 0) is 35.6 Å². The fourth-order valence-corrected chi connectivity index (χ4v) is 4.68. The van der Waals surface area contributed by atoms with Crippen LogP contribution in [0.25, 0.3) is 0 Å². The highest BCUT2D eigenvalue weighted by atomic mass is 32.2. The van der Waals surface area contributed by atoms with Gasteiger partial charge in [-0.15, -0.1) is 0 Å². The van der Waals surface area contributed by atoms with Crippen LogP contribution in [0.2, 0.25) is 0 Å². The molecule has 0 spiro atoms. The van der Waals surface area contributed by atoms with Crippen molar-refractivity contribution in [3.05, 3.63) is 60.2 Å². The molecule has 0 aromatic heterocycles. The second-order valence-corrected chi connectivity index (χ2v) is 10.4. The number of anilines is 1. The van der Waals surface area contributed by atoms with Crippen LogP contribution in [0.3, 0.4) is 0 Å². The largest absolute Gasteiger partial charge is 0.325 e. The van der Waals surface area contributed by atoms with Gasteiger partial charge in [-0.1, -0.05) is 57.2 Å². The Balaban J connectivity index is 1.64. The number of hydrogen-bond acceptors (Lipinski definition) is 5. The maximum Gasteiger partial charge on any atom is 0.262 e. The molecule has 1 atom stereocenters. The van der Waals surface area contributed by atoms with E-state index in [1.807, 2.05) is 30.3 Å². The number of sulfonamides is 1. The molecule has 0 fully saturated rings. The Hall–Kier alpha value is -2.71. The Bertz CT molecular complexity index is 1040. The lowest BCUT2D eigenvalue weighted by atomic mass is 9.82.